The number of benzene rings is 1. The first-order valence-corrected chi connectivity index (χ1v) is 11.2. The number of hydrogen-bond donors (Lipinski definition) is 0. The van der Waals surface area contributed by atoms with E-state index >= 15 is 0 Å². The highest BCUT2D eigenvalue weighted by atomic mass is 28.3. The van der Waals surface area contributed by atoms with Gasteiger partial charge in [-0.25, -0.2) is 4.68 Å². The van der Waals surface area contributed by atoms with E-state index < -0.39 is 8.07 Å². The summed E-state index contributed by atoms with van der Waals surface area (Å²) in [6.45, 7) is 7.62. The lowest BCUT2D eigenvalue weighted by Gasteiger charge is -2.23. The standard InChI is InChI=1S/C17H22N2OSi/c1-21(2,3)12-10-14-7-6-8-15-13-18-19(17(14)15)16-9-4-5-11-20-16/h6-8,13,16H,4-5,9,11H2,1-3H3. The van der Waals surface area contributed by atoms with Gasteiger partial charge in [0, 0.05) is 17.6 Å². The van der Waals surface area contributed by atoms with Gasteiger partial charge in [0.1, 0.15) is 8.07 Å². The first kappa shape index (κ1) is 14.4. The third-order valence-electron chi connectivity index (χ3n) is 3.62. The topological polar surface area (TPSA) is 27.1 Å². The van der Waals surface area contributed by atoms with Crippen molar-refractivity contribution in [3.05, 3.63) is 30.0 Å². The van der Waals surface area contributed by atoms with E-state index in [9.17, 15) is 0 Å². The van der Waals surface area contributed by atoms with Crippen LogP contribution >= 0.6 is 0 Å². The summed E-state index contributed by atoms with van der Waals surface area (Å²) in [5.41, 5.74) is 5.65. The molecule has 4 heteroatoms. The van der Waals surface area contributed by atoms with Crippen LogP contribution in [0, 0.1) is 11.5 Å². The lowest BCUT2D eigenvalue weighted by molar-refractivity contribution is -0.0367. The fourth-order valence-corrected chi connectivity index (χ4v) is 3.10. The van der Waals surface area contributed by atoms with Gasteiger partial charge in [0.05, 0.1) is 11.7 Å². The maximum absolute atomic E-state index is 5.89. The van der Waals surface area contributed by atoms with Crippen molar-refractivity contribution in [3.8, 4) is 11.5 Å². The van der Waals surface area contributed by atoms with Crippen molar-refractivity contribution in [2.45, 2.75) is 45.1 Å². The normalized spacial score (nSPS) is 19.3. The van der Waals surface area contributed by atoms with Crippen LogP contribution in [0.1, 0.15) is 31.1 Å². The fraction of sp³-hybridized carbons (Fsp3) is 0.471. The van der Waals surface area contributed by atoms with Crippen molar-refractivity contribution in [3.63, 3.8) is 0 Å². The molecule has 1 saturated heterocycles. The minimum Gasteiger partial charge on any atom is -0.356 e. The van der Waals surface area contributed by atoms with Gasteiger partial charge in [-0.3, -0.25) is 0 Å². The summed E-state index contributed by atoms with van der Waals surface area (Å²) in [4.78, 5) is 0. The van der Waals surface area contributed by atoms with Crippen LogP contribution in [-0.2, 0) is 4.74 Å². The largest absolute Gasteiger partial charge is 0.356 e. The van der Waals surface area contributed by atoms with E-state index in [0.717, 1.165) is 35.9 Å². The molecule has 1 unspecified atom stereocenters. The first-order valence-electron chi connectivity index (χ1n) is 7.66. The average molecular weight is 298 g/mol. The van der Waals surface area contributed by atoms with Gasteiger partial charge in [-0.2, -0.15) is 5.10 Å². The van der Waals surface area contributed by atoms with Gasteiger partial charge in [0.25, 0.3) is 0 Å². The summed E-state index contributed by atoms with van der Waals surface area (Å²) in [6.07, 6.45) is 5.37. The molecule has 1 aliphatic heterocycles. The van der Waals surface area contributed by atoms with Gasteiger partial charge in [-0.1, -0.05) is 37.7 Å². The monoisotopic (exact) mass is 298 g/mol. The molecule has 1 aromatic carbocycles. The van der Waals surface area contributed by atoms with Crippen molar-refractivity contribution < 1.29 is 4.74 Å². The number of fused-ring (bicyclic) bond motifs is 1. The minimum atomic E-state index is -1.39. The Morgan fingerprint density at radius 1 is 1.29 bits per heavy atom. The Hall–Kier alpha value is -1.57. The molecule has 1 aliphatic rings. The maximum Gasteiger partial charge on any atom is 0.150 e. The molecule has 0 spiro atoms. The second-order valence-corrected chi connectivity index (χ2v) is 11.4. The molecule has 0 aliphatic carbocycles. The molecule has 21 heavy (non-hydrogen) atoms. The third kappa shape index (κ3) is 3.20. The molecule has 0 saturated carbocycles. The van der Waals surface area contributed by atoms with Crippen LogP contribution in [0.5, 0.6) is 0 Å². The molecule has 2 heterocycles. The highest BCUT2D eigenvalue weighted by Crippen LogP contribution is 2.27. The molecular weight excluding hydrogens is 276 g/mol. The van der Waals surface area contributed by atoms with Gasteiger partial charge in [-0.15, -0.1) is 5.54 Å². The number of nitrogens with zero attached hydrogens (tertiary/aromatic N) is 2. The molecule has 1 fully saturated rings. The Bertz CT molecular complexity index is 697. The number of rotatable bonds is 1. The smallest absolute Gasteiger partial charge is 0.150 e. The predicted octanol–water partition coefficient (Wildman–Crippen LogP) is 3.96. The van der Waals surface area contributed by atoms with Crippen LogP contribution < -0.4 is 0 Å². The van der Waals surface area contributed by atoms with Gasteiger partial charge in [0.2, 0.25) is 0 Å². The molecular formula is C17H22N2OSi. The van der Waals surface area contributed by atoms with Crippen LogP contribution in [0.2, 0.25) is 19.6 Å². The molecule has 1 atom stereocenters. The quantitative estimate of drug-likeness (QED) is 0.588. The van der Waals surface area contributed by atoms with Crippen molar-refractivity contribution in [2.75, 3.05) is 6.61 Å². The van der Waals surface area contributed by atoms with Gasteiger partial charge in [0.15, 0.2) is 6.23 Å². The van der Waals surface area contributed by atoms with E-state index in [2.05, 4.69) is 54.4 Å². The van der Waals surface area contributed by atoms with E-state index in [1.165, 1.54) is 6.42 Å². The molecule has 0 radical (unpaired) electrons. The Morgan fingerprint density at radius 3 is 2.86 bits per heavy atom. The number of aromatic nitrogens is 2. The Balaban J connectivity index is 2.07. The molecule has 0 bridgehead atoms. The maximum atomic E-state index is 5.89. The summed E-state index contributed by atoms with van der Waals surface area (Å²) < 4.78 is 7.92. The molecule has 0 N–H and O–H groups in total. The zero-order valence-corrected chi connectivity index (χ0v) is 14.0. The summed E-state index contributed by atoms with van der Waals surface area (Å²) >= 11 is 0. The summed E-state index contributed by atoms with van der Waals surface area (Å²) in [7, 11) is -1.39. The van der Waals surface area contributed by atoms with Crippen molar-refractivity contribution in [2.24, 2.45) is 0 Å². The first-order chi connectivity index (χ1) is 10.0. The predicted molar refractivity (Wildman–Crippen MR) is 88.8 cm³/mol. The summed E-state index contributed by atoms with van der Waals surface area (Å²) in [5.74, 6) is 3.39. The molecule has 0 amide bonds. The van der Waals surface area contributed by atoms with Crippen LogP contribution in [0.25, 0.3) is 10.9 Å². The zero-order chi connectivity index (χ0) is 14.9. The van der Waals surface area contributed by atoms with Gasteiger partial charge >= 0.3 is 0 Å². The Labute approximate surface area is 127 Å². The van der Waals surface area contributed by atoms with E-state index in [1.54, 1.807) is 0 Å². The zero-order valence-electron chi connectivity index (χ0n) is 13.0. The Morgan fingerprint density at radius 2 is 2.14 bits per heavy atom. The average Bonchev–Trinajstić information content (AvgIpc) is 2.90. The lowest BCUT2D eigenvalue weighted by atomic mass is 10.1. The highest BCUT2D eigenvalue weighted by molar-refractivity contribution is 6.83. The molecule has 2 aromatic rings. The minimum absolute atomic E-state index is 0.0612. The van der Waals surface area contributed by atoms with Crippen LogP contribution in [-0.4, -0.2) is 24.5 Å². The lowest BCUT2D eigenvalue weighted by Crippen LogP contribution is -2.19. The van der Waals surface area contributed by atoms with Crippen molar-refractivity contribution in [1.82, 2.24) is 9.78 Å². The fourth-order valence-electron chi connectivity index (χ4n) is 2.59. The highest BCUT2D eigenvalue weighted by Gasteiger charge is 2.19. The molecule has 110 valence electrons. The van der Waals surface area contributed by atoms with E-state index in [0.29, 0.717) is 0 Å². The summed E-state index contributed by atoms with van der Waals surface area (Å²) in [6, 6.07) is 6.25. The SMILES string of the molecule is C[Si](C)(C)C#Cc1cccc2cnn(C3CCCCO3)c12. The Kier molecular flexibility index (Phi) is 3.88. The second kappa shape index (κ2) is 5.67. The molecule has 3 nitrogen and oxygen atoms in total. The van der Waals surface area contributed by atoms with E-state index in [4.69, 9.17) is 4.74 Å². The third-order valence-corrected chi connectivity index (χ3v) is 4.49. The van der Waals surface area contributed by atoms with E-state index in [-0.39, 0.29) is 6.23 Å². The van der Waals surface area contributed by atoms with Crippen molar-refractivity contribution >= 4 is 19.0 Å². The van der Waals surface area contributed by atoms with Crippen LogP contribution in [0.15, 0.2) is 24.4 Å². The van der Waals surface area contributed by atoms with Crippen LogP contribution in [0.3, 0.4) is 0 Å². The van der Waals surface area contributed by atoms with Gasteiger partial charge < -0.3 is 4.74 Å². The molecule has 1 aromatic heterocycles. The van der Waals surface area contributed by atoms with E-state index in [1.807, 2.05) is 10.9 Å². The number of para-hydroxylation sites is 1. The van der Waals surface area contributed by atoms with Gasteiger partial charge in [-0.05, 0) is 25.3 Å². The second-order valence-electron chi connectivity index (χ2n) is 6.65. The number of ether oxygens (including phenoxy) is 1. The molecule has 3 rings (SSSR count). The van der Waals surface area contributed by atoms with Crippen LogP contribution in [0.4, 0.5) is 0 Å². The number of hydrogen-bond acceptors (Lipinski definition) is 2. The summed E-state index contributed by atoms with van der Waals surface area (Å²) in [5, 5.41) is 5.70. The van der Waals surface area contributed by atoms with Crippen molar-refractivity contribution in [1.29, 1.82) is 0 Å².